The van der Waals surface area contributed by atoms with Crippen molar-refractivity contribution in [1.82, 2.24) is 9.27 Å². The molecule has 0 saturated heterocycles. The zero-order chi connectivity index (χ0) is 18.7. The van der Waals surface area contributed by atoms with Crippen LogP contribution in [0.2, 0.25) is 0 Å². The van der Waals surface area contributed by atoms with Gasteiger partial charge in [0.25, 0.3) is 0 Å². The zero-order valence-electron chi connectivity index (χ0n) is 14.4. The van der Waals surface area contributed by atoms with E-state index in [2.05, 4.69) is 21.1 Å². The van der Waals surface area contributed by atoms with Crippen LogP contribution in [0.15, 0.2) is 42.5 Å². The molecule has 0 radical (unpaired) electrons. The number of benzene rings is 2. The van der Waals surface area contributed by atoms with Crippen LogP contribution >= 0.6 is 11.5 Å². The Morgan fingerprint density at radius 1 is 1.08 bits per heavy atom. The maximum Gasteiger partial charge on any atom is 0.416 e. The van der Waals surface area contributed by atoms with Gasteiger partial charge in [-0.2, -0.15) is 17.5 Å². The second kappa shape index (κ2) is 7.48. The molecule has 0 N–H and O–H groups in total. The van der Waals surface area contributed by atoms with E-state index in [-0.39, 0.29) is 0 Å². The fraction of sp³-hybridized carbons (Fsp3) is 0.250. The first-order valence-corrected chi connectivity index (χ1v) is 8.82. The lowest BCUT2D eigenvalue weighted by Gasteiger charge is -2.06. The molecule has 2 nitrogen and oxygen atoms in total. The molecule has 0 aliphatic rings. The summed E-state index contributed by atoms with van der Waals surface area (Å²) >= 11 is 1.33. The molecule has 0 unspecified atom stereocenters. The highest BCUT2D eigenvalue weighted by Gasteiger charge is 2.30. The van der Waals surface area contributed by atoms with Crippen molar-refractivity contribution in [1.29, 1.82) is 0 Å². The van der Waals surface area contributed by atoms with Crippen LogP contribution in [0.1, 0.15) is 17.5 Å². The number of nitrogens with zero attached hydrogens (tertiary/aromatic N) is 2. The molecule has 26 heavy (non-hydrogen) atoms. The van der Waals surface area contributed by atoms with Gasteiger partial charge in [0.2, 0.25) is 0 Å². The molecule has 134 valence electrons. The Kier molecular flexibility index (Phi) is 5.30. The minimum Gasteiger partial charge on any atom is -0.308 e. The van der Waals surface area contributed by atoms with Crippen LogP contribution in [0, 0.1) is 11.8 Å². The normalized spacial score (nSPS) is 11.6. The van der Waals surface area contributed by atoms with Gasteiger partial charge in [-0.3, -0.25) is 0 Å². The molecule has 0 bridgehead atoms. The summed E-state index contributed by atoms with van der Waals surface area (Å²) in [6.07, 6.45) is -3.53. The Labute approximate surface area is 154 Å². The van der Waals surface area contributed by atoms with Gasteiger partial charge in [-0.05, 0) is 49.9 Å². The van der Waals surface area contributed by atoms with Crippen molar-refractivity contribution in [2.75, 3.05) is 20.6 Å². The van der Waals surface area contributed by atoms with Crippen molar-refractivity contribution >= 4 is 21.6 Å². The number of hydrogen-bond acceptors (Lipinski definition) is 3. The van der Waals surface area contributed by atoms with Gasteiger partial charge in [-0.25, -0.2) is 0 Å². The maximum atomic E-state index is 12.7. The van der Waals surface area contributed by atoms with E-state index in [0.717, 1.165) is 40.7 Å². The van der Waals surface area contributed by atoms with Gasteiger partial charge in [0, 0.05) is 29.5 Å². The number of rotatable bonds is 3. The molecule has 2 aromatic carbocycles. The minimum absolute atomic E-state index is 0.656. The number of alkyl halides is 3. The molecule has 1 aromatic heterocycles. The topological polar surface area (TPSA) is 16.1 Å². The third-order valence-electron chi connectivity index (χ3n) is 3.87. The Balaban J connectivity index is 1.85. The predicted octanol–water partition coefficient (Wildman–Crippen LogP) is 5.29. The average molecular weight is 374 g/mol. The molecular weight excluding hydrogens is 357 g/mol. The van der Waals surface area contributed by atoms with Crippen molar-refractivity contribution in [3.05, 3.63) is 53.6 Å². The molecule has 0 amide bonds. The third-order valence-corrected chi connectivity index (χ3v) is 4.68. The summed E-state index contributed by atoms with van der Waals surface area (Å²) in [6.45, 7) is 0.911. The lowest BCUT2D eigenvalue weighted by molar-refractivity contribution is -0.137. The number of aromatic nitrogens is 1. The highest BCUT2D eigenvalue weighted by molar-refractivity contribution is 7.13. The van der Waals surface area contributed by atoms with Gasteiger partial charge >= 0.3 is 6.18 Å². The first kappa shape index (κ1) is 18.4. The predicted molar refractivity (Wildman–Crippen MR) is 100 cm³/mol. The highest BCUT2D eigenvalue weighted by atomic mass is 32.1. The monoisotopic (exact) mass is 374 g/mol. The summed E-state index contributed by atoms with van der Waals surface area (Å²) in [6, 6.07) is 10.9. The maximum absolute atomic E-state index is 12.7. The van der Waals surface area contributed by atoms with E-state index in [1.807, 2.05) is 32.3 Å². The molecule has 3 rings (SSSR count). The van der Waals surface area contributed by atoms with E-state index in [4.69, 9.17) is 0 Å². The quantitative estimate of drug-likeness (QED) is 0.580. The average Bonchev–Trinajstić information content (AvgIpc) is 3.01. The Bertz CT molecular complexity index is 961. The standard InChI is InChI=1S/C20H17F3N2S/c1-25(2)12-4-3-5-14-6-11-17-18(13-14)26-24-19(17)15-7-9-16(10-8-15)20(21,22)23/h6-11,13H,4,12H2,1-2H3. The van der Waals surface area contributed by atoms with Crippen LogP contribution < -0.4 is 0 Å². The van der Waals surface area contributed by atoms with E-state index in [1.54, 1.807) is 0 Å². The van der Waals surface area contributed by atoms with Gasteiger partial charge in [0.1, 0.15) is 0 Å². The van der Waals surface area contributed by atoms with Crippen LogP contribution in [0.25, 0.3) is 21.3 Å². The van der Waals surface area contributed by atoms with Crippen LogP contribution in [0.5, 0.6) is 0 Å². The largest absolute Gasteiger partial charge is 0.416 e. The van der Waals surface area contributed by atoms with Crippen molar-refractivity contribution in [3.8, 4) is 23.1 Å². The van der Waals surface area contributed by atoms with Crippen LogP contribution in [0.3, 0.4) is 0 Å². The smallest absolute Gasteiger partial charge is 0.308 e. The van der Waals surface area contributed by atoms with E-state index in [0.29, 0.717) is 11.3 Å². The van der Waals surface area contributed by atoms with Crippen molar-refractivity contribution in [2.45, 2.75) is 12.6 Å². The zero-order valence-corrected chi connectivity index (χ0v) is 15.2. The second-order valence-electron chi connectivity index (χ2n) is 6.17. The van der Waals surface area contributed by atoms with Gasteiger partial charge in [-0.15, -0.1) is 0 Å². The van der Waals surface area contributed by atoms with Gasteiger partial charge in [-0.1, -0.05) is 30.0 Å². The van der Waals surface area contributed by atoms with Gasteiger partial charge in [0.15, 0.2) is 0 Å². The fourth-order valence-electron chi connectivity index (χ4n) is 2.48. The molecule has 3 aromatic rings. The summed E-state index contributed by atoms with van der Waals surface area (Å²) < 4.78 is 43.5. The molecule has 1 heterocycles. The first-order chi connectivity index (χ1) is 12.3. The Morgan fingerprint density at radius 2 is 1.81 bits per heavy atom. The summed E-state index contributed by atoms with van der Waals surface area (Å²) in [5, 5.41) is 0.925. The lowest BCUT2D eigenvalue weighted by Crippen LogP contribution is -2.11. The van der Waals surface area contributed by atoms with Crippen molar-refractivity contribution < 1.29 is 13.2 Å². The second-order valence-corrected chi connectivity index (χ2v) is 6.98. The van der Waals surface area contributed by atoms with Crippen molar-refractivity contribution in [3.63, 3.8) is 0 Å². The molecule has 0 saturated carbocycles. The summed E-state index contributed by atoms with van der Waals surface area (Å²) in [5.41, 5.74) is 1.63. The summed E-state index contributed by atoms with van der Waals surface area (Å²) in [4.78, 5) is 2.08. The van der Waals surface area contributed by atoms with E-state index >= 15 is 0 Å². The van der Waals surface area contributed by atoms with Crippen LogP contribution in [-0.2, 0) is 6.18 Å². The van der Waals surface area contributed by atoms with Crippen LogP contribution in [0.4, 0.5) is 13.2 Å². The van der Waals surface area contributed by atoms with E-state index < -0.39 is 11.7 Å². The highest BCUT2D eigenvalue weighted by Crippen LogP contribution is 2.34. The van der Waals surface area contributed by atoms with Gasteiger partial charge < -0.3 is 4.90 Å². The van der Waals surface area contributed by atoms with Crippen LogP contribution in [-0.4, -0.2) is 29.9 Å². The molecule has 6 heteroatoms. The molecular formula is C20H17F3N2S. The molecule has 0 fully saturated rings. The third kappa shape index (κ3) is 4.24. The molecule has 0 spiro atoms. The molecule has 0 aliphatic heterocycles. The summed E-state index contributed by atoms with van der Waals surface area (Å²) in [7, 11) is 4.02. The molecule has 0 atom stereocenters. The molecule has 0 aliphatic carbocycles. The number of halogens is 3. The van der Waals surface area contributed by atoms with Crippen molar-refractivity contribution in [2.24, 2.45) is 0 Å². The van der Waals surface area contributed by atoms with E-state index in [9.17, 15) is 13.2 Å². The van der Waals surface area contributed by atoms with E-state index in [1.165, 1.54) is 23.7 Å². The first-order valence-electron chi connectivity index (χ1n) is 8.05. The van der Waals surface area contributed by atoms with Gasteiger partial charge in [0.05, 0.1) is 16.0 Å². The Morgan fingerprint density at radius 3 is 2.46 bits per heavy atom. The fourth-order valence-corrected chi connectivity index (χ4v) is 3.32. The summed E-state index contributed by atoms with van der Waals surface area (Å²) in [5.74, 6) is 6.29. The number of fused-ring (bicyclic) bond motifs is 1. The number of hydrogen-bond donors (Lipinski definition) is 0. The Hall–Kier alpha value is -2.36. The lowest BCUT2D eigenvalue weighted by atomic mass is 10.0. The minimum atomic E-state index is -4.33. The SMILES string of the molecule is CN(C)CCC#Cc1ccc2c(-c3ccc(C(F)(F)F)cc3)nsc2c1.